The maximum Gasteiger partial charge on any atom is 0.116 e. The zero-order valence-electron chi connectivity index (χ0n) is 13.7. The maximum atomic E-state index is 4.88. The highest BCUT2D eigenvalue weighted by Gasteiger charge is 2.24. The molecule has 2 heterocycles. The average Bonchev–Trinajstić information content (AvgIpc) is 3.07. The summed E-state index contributed by atoms with van der Waals surface area (Å²) in [5.41, 5.74) is 2.45. The molecule has 1 atom stereocenters. The first-order chi connectivity index (χ1) is 9.97. The molecule has 0 fully saturated rings. The normalized spacial score (nSPS) is 13.6. The van der Waals surface area contributed by atoms with Gasteiger partial charge >= 0.3 is 0 Å². The molecule has 0 saturated heterocycles. The molecule has 0 amide bonds. The summed E-state index contributed by atoms with van der Waals surface area (Å²) in [6.07, 6.45) is 4.96. The number of imidazole rings is 1. The van der Waals surface area contributed by atoms with E-state index in [4.69, 9.17) is 4.98 Å². The summed E-state index contributed by atoms with van der Waals surface area (Å²) in [7, 11) is 0. The molecule has 1 N–H and O–H groups in total. The second-order valence-corrected chi connectivity index (χ2v) is 7.20. The van der Waals surface area contributed by atoms with Crippen LogP contribution in [0.5, 0.6) is 0 Å². The second kappa shape index (κ2) is 6.71. The Bertz CT molecular complexity index is 565. The first-order valence-electron chi connectivity index (χ1n) is 7.66. The summed E-state index contributed by atoms with van der Waals surface area (Å²) in [6, 6.07) is 0.133. The lowest BCUT2D eigenvalue weighted by Gasteiger charge is -2.18. The van der Waals surface area contributed by atoms with Crippen LogP contribution in [-0.4, -0.2) is 21.1 Å². The molecule has 0 aliphatic rings. The van der Waals surface area contributed by atoms with Crippen molar-refractivity contribution in [3.8, 4) is 0 Å². The fourth-order valence-corrected chi connectivity index (χ4v) is 3.34. The van der Waals surface area contributed by atoms with Crippen molar-refractivity contribution in [3.05, 3.63) is 34.3 Å². The summed E-state index contributed by atoms with van der Waals surface area (Å²) < 4.78 is 2.19. The molecular weight excluding hydrogens is 280 g/mol. The molecule has 2 rings (SSSR count). The largest absolute Gasteiger partial charge is 0.333 e. The molecule has 0 saturated carbocycles. The summed E-state index contributed by atoms with van der Waals surface area (Å²) in [4.78, 5) is 9.18. The Morgan fingerprint density at radius 1 is 1.33 bits per heavy atom. The van der Waals surface area contributed by atoms with E-state index in [-0.39, 0.29) is 11.5 Å². The second-order valence-electron chi connectivity index (χ2n) is 6.31. The first kappa shape index (κ1) is 16.2. The van der Waals surface area contributed by atoms with Gasteiger partial charge in [-0.15, -0.1) is 11.3 Å². The number of rotatable bonds is 6. The summed E-state index contributed by atoms with van der Waals surface area (Å²) in [6.45, 7) is 12.8. The van der Waals surface area contributed by atoms with Gasteiger partial charge in [0.2, 0.25) is 0 Å². The van der Waals surface area contributed by atoms with Crippen molar-refractivity contribution in [2.75, 3.05) is 6.54 Å². The van der Waals surface area contributed by atoms with Crippen LogP contribution in [0.2, 0.25) is 0 Å². The minimum Gasteiger partial charge on any atom is -0.333 e. The van der Waals surface area contributed by atoms with Gasteiger partial charge in [-0.2, -0.15) is 0 Å². The van der Waals surface area contributed by atoms with Gasteiger partial charge in [-0.1, -0.05) is 27.7 Å². The fourth-order valence-electron chi connectivity index (χ4n) is 2.21. The highest BCUT2D eigenvalue weighted by Crippen LogP contribution is 2.30. The zero-order chi connectivity index (χ0) is 15.5. The molecule has 0 radical (unpaired) electrons. The standard InChI is InChI=1S/C16H26N4S/c1-6-8-18-14(12-9-17-11-20(12)7-2)15-19-13(10-21-15)16(3,4)5/h9-11,14,18H,6-8H2,1-5H3. The van der Waals surface area contributed by atoms with Gasteiger partial charge in [0.25, 0.3) is 0 Å². The molecule has 1 unspecified atom stereocenters. The molecule has 2 aromatic heterocycles. The Balaban J connectivity index is 2.34. The van der Waals surface area contributed by atoms with Crippen molar-refractivity contribution >= 4 is 11.3 Å². The lowest BCUT2D eigenvalue weighted by atomic mass is 9.93. The third-order valence-corrected chi connectivity index (χ3v) is 4.43. The number of nitrogens with one attached hydrogen (secondary N) is 1. The van der Waals surface area contributed by atoms with Crippen LogP contribution in [0.25, 0.3) is 0 Å². The van der Waals surface area contributed by atoms with Crippen molar-refractivity contribution < 1.29 is 0 Å². The number of aromatic nitrogens is 3. The van der Waals surface area contributed by atoms with E-state index >= 15 is 0 Å². The predicted molar refractivity (Wildman–Crippen MR) is 88.9 cm³/mol. The van der Waals surface area contributed by atoms with E-state index in [9.17, 15) is 0 Å². The monoisotopic (exact) mass is 306 g/mol. The highest BCUT2D eigenvalue weighted by molar-refractivity contribution is 7.09. The van der Waals surface area contributed by atoms with Gasteiger partial charge in [-0.3, -0.25) is 0 Å². The highest BCUT2D eigenvalue weighted by atomic mass is 32.1. The van der Waals surface area contributed by atoms with Crippen LogP contribution in [-0.2, 0) is 12.0 Å². The van der Waals surface area contributed by atoms with Crippen LogP contribution in [0.4, 0.5) is 0 Å². The van der Waals surface area contributed by atoms with Crippen LogP contribution in [0, 0.1) is 0 Å². The van der Waals surface area contributed by atoms with Crippen LogP contribution in [0.3, 0.4) is 0 Å². The summed E-state index contributed by atoms with van der Waals surface area (Å²) in [5, 5.41) is 6.93. The Morgan fingerprint density at radius 2 is 2.10 bits per heavy atom. The van der Waals surface area contributed by atoms with E-state index in [2.05, 4.69) is 54.9 Å². The van der Waals surface area contributed by atoms with Gasteiger partial charge in [-0.25, -0.2) is 9.97 Å². The molecule has 4 nitrogen and oxygen atoms in total. The van der Waals surface area contributed by atoms with Gasteiger partial charge in [0.15, 0.2) is 0 Å². The van der Waals surface area contributed by atoms with Crippen molar-refractivity contribution in [1.82, 2.24) is 19.9 Å². The molecule has 116 valence electrons. The topological polar surface area (TPSA) is 42.7 Å². The molecule has 0 aromatic carbocycles. The first-order valence-corrected chi connectivity index (χ1v) is 8.54. The van der Waals surface area contributed by atoms with Crippen LogP contribution >= 0.6 is 11.3 Å². The molecule has 0 spiro atoms. The van der Waals surface area contributed by atoms with E-state index in [0.717, 1.165) is 30.2 Å². The number of aryl methyl sites for hydroxylation is 1. The van der Waals surface area contributed by atoms with Gasteiger partial charge in [0.1, 0.15) is 11.0 Å². The molecule has 0 aliphatic heterocycles. The van der Waals surface area contributed by atoms with Crippen molar-refractivity contribution in [3.63, 3.8) is 0 Å². The lowest BCUT2D eigenvalue weighted by Crippen LogP contribution is -2.25. The minimum absolute atomic E-state index is 0.0923. The Morgan fingerprint density at radius 3 is 2.67 bits per heavy atom. The molecule has 2 aromatic rings. The number of thiazole rings is 1. The summed E-state index contributed by atoms with van der Waals surface area (Å²) >= 11 is 1.74. The number of hydrogen-bond acceptors (Lipinski definition) is 4. The van der Waals surface area contributed by atoms with Gasteiger partial charge < -0.3 is 9.88 Å². The van der Waals surface area contributed by atoms with E-state index < -0.39 is 0 Å². The van der Waals surface area contributed by atoms with Gasteiger partial charge in [0, 0.05) is 17.3 Å². The van der Waals surface area contributed by atoms with E-state index in [1.165, 1.54) is 5.69 Å². The van der Waals surface area contributed by atoms with Crippen LogP contribution in [0.1, 0.15) is 63.5 Å². The molecule has 21 heavy (non-hydrogen) atoms. The van der Waals surface area contributed by atoms with Crippen LogP contribution < -0.4 is 5.32 Å². The van der Waals surface area contributed by atoms with Gasteiger partial charge in [0.05, 0.1) is 23.9 Å². The van der Waals surface area contributed by atoms with Crippen molar-refractivity contribution in [1.29, 1.82) is 0 Å². The van der Waals surface area contributed by atoms with Gasteiger partial charge in [-0.05, 0) is 19.9 Å². The Hall–Kier alpha value is -1.20. The molecular formula is C16H26N4S. The van der Waals surface area contributed by atoms with E-state index in [0.29, 0.717) is 0 Å². The third kappa shape index (κ3) is 3.71. The lowest BCUT2D eigenvalue weighted by molar-refractivity contribution is 0.539. The van der Waals surface area contributed by atoms with Crippen LogP contribution in [0.15, 0.2) is 17.9 Å². The molecule has 5 heteroatoms. The van der Waals surface area contributed by atoms with E-state index in [1.54, 1.807) is 11.3 Å². The SMILES string of the molecule is CCCNC(c1nc(C(C)(C)C)cs1)c1cncn1CC. The maximum absolute atomic E-state index is 4.88. The number of hydrogen-bond donors (Lipinski definition) is 1. The smallest absolute Gasteiger partial charge is 0.116 e. The number of nitrogens with zero attached hydrogens (tertiary/aromatic N) is 3. The average molecular weight is 306 g/mol. The molecule has 0 aliphatic carbocycles. The van der Waals surface area contributed by atoms with Crippen molar-refractivity contribution in [2.45, 2.75) is 59.0 Å². The Labute approximate surface area is 131 Å². The predicted octanol–water partition coefficient (Wildman–Crippen LogP) is 3.75. The molecule has 0 bridgehead atoms. The summed E-state index contributed by atoms with van der Waals surface area (Å²) in [5.74, 6) is 0. The van der Waals surface area contributed by atoms with Crippen molar-refractivity contribution in [2.24, 2.45) is 0 Å². The van der Waals surface area contributed by atoms with E-state index in [1.807, 2.05) is 12.5 Å². The minimum atomic E-state index is 0.0923. The Kier molecular flexibility index (Phi) is 5.17. The zero-order valence-corrected chi connectivity index (χ0v) is 14.5. The third-order valence-electron chi connectivity index (χ3n) is 3.52. The quantitative estimate of drug-likeness (QED) is 0.884. The fraction of sp³-hybridized carbons (Fsp3) is 0.625.